The molecule has 0 aromatic carbocycles. The fraction of sp³-hybridized carbons (Fsp3) is 0.895. The normalized spacial score (nSPS) is 18.7. The molecule has 1 saturated heterocycles. The first-order valence-electron chi connectivity index (χ1n) is 28.7. The van der Waals surface area contributed by atoms with Gasteiger partial charge in [-0.25, -0.2) is 4.79 Å². The highest BCUT2D eigenvalue weighted by molar-refractivity contribution is 5.74. The third kappa shape index (κ3) is 37.0. The molecule has 1 heterocycles. The lowest BCUT2D eigenvalue weighted by Gasteiger charge is -2.40. The van der Waals surface area contributed by atoms with Crippen molar-refractivity contribution < 1.29 is 58.2 Å². The SMILES string of the molecule is CCCC/C=C\CCCCCCCC(=O)OC1C(OCC(COC(=O)CCCCCCCCCCCCCCCCC)OC(=O)CCCCCCCCCCCCCCC)OC(C(=O)O)C(O)C1O. The smallest absolute Gasteiger partial charge is 0.335 e. The van der Waals surface area contributed by atoms with Gasteiger partial charge in [0.1, 0.15) is 18.8 Å². The van der Waals surface area contributed by atoms with Gasteiger partial charge in [-0.05, 0) is 38.5 Å². The minimum Gasteiger partial charge on any atom is -0.479 e. The number of allylic oxidation sites excluding steroid dienone is 2. The highest BCUT2D eigenvalue weighted by atomic mass is 16.7. The number of esters is 3. The molecule has 1 fully saturated rings. The van der Waals surface area contributed by atoms with E-state index in [1.54, 1.807) is 0 Å². The topological polar surface area (TPSA) is 175 Å². The average molecular weight is 981 g/mol. The highest BCUT2D eigenvalue weighted by Gasteiger charge is 2.50. The van der Waals surface area contributed by atoms with Gasteiger partial charge >= 0.3 is 23.9 Å². The van der Waals surface area contributed by atoms with Crippen molar-refractivity contribution in [2.45, 2.75) is 314 Å². The molecule has 0 radical (unpaired) electrons. The minimum atomic E-state index is -1.90. The van der Waals surface area contributed by atoms with Crippen LogP contribution in [0.25, 0.3) is 0 Å². The van der Waals surface area contributed by atoms with E-state index >= 15 is 0 Å². The minimum absolute atomic E-state index is 0.0556. The van der Waals surface area contributed by atoms with Gasteiger partial charge in [-0.1, -0.05) is 232 Å². The van der Waals surface area contributed by atoms with Crippen LogP contribution in [0.2, 0.25) is 0 Å². The zero-order chi connectivity index (χ0) is 50.4. The Hall–Kier alpha value is -2.54. The lowest BCUT2D eigenvalue weighted by molar-refractivity contribution is -0.301. The number of carbonyl (C=O) groups excluding carboxylic acids is 3. The van der Waals surface area contributed by atoms with Crippen molar-refractivity contribution in [3.63, 3.8) is 0 Å². The Labute approximate surface area is 420 Å². The lowest BCUT2D eigenvalue weighted by atomic mass is 9.98. The first-order chi connectivity index (χ1) is 33.6. The molecule has 6 atom stereocenters. The van der Waals surface area contributed by atoms with Crippen LogP contribution >= 0.6 is 0 Å². The van der Waals surface area contributed by atoms with Gasteiger partial charge in [-0.3, -0.25) is 14.4 Å². The molecule has 6 unspecified atom stereocenters. The maximum atomic E-state index is 13.1. The summed E-state index contributed by atoms with van der Waals surface area (Å²) in [5, 5.41) is 31.4. The van der Waals surface area contributed by atoms with E-state index in [1.807, 2.05) is 0 Å². The molecule has 0 bridgehead atoms. The van der Waals surface area contributed by atoms with E-state index in [9.17, 15) is 34.5 Å². The predicted molar refractivity (Wildman–Crippen MR) is 276 cm³/mol. The first-order valence-corrected chi connectivity index (χ1v) is 28.7. The van der Waals surface area contributed by atoms with Crippen LogP contribution in [0.15, 0.2) is 12.2 Å². The monoisotopic (exact) mass is 981 g/mol. The van der Waals surface area contributed by atoms with Gasteiger partial charge in [0.15, 0.2) is 24.6 Å². The molecule has 404 valence electrons. The number of aliphatic carboxylic acids is 1. The molecular weight excluding hydrogens is 877 g/mol. The largest absolute Gasteiger partial charge is 0.479 e. The van der Waals surface area contributed by atoms with Gasteiger partial charge < -0.3 is 39.0 Å². The van der Waals surface area contributed by atoms with E-state index in [-0.39, 0.29) is 25.9 Å². The second-order valence-corrected chi connectivity index (χ2v) is 19.9. The summed E-state index contributed by atoms with van der Waals surface area (Å²) in [6.45, 7) is 5.96. The third-order valence-corrected chi connectivity index (χ3v) is 13.3. The molecule has 0 aromatic heterocycles. The number of rotatable bonds is 49. The second-order valence-electron chi connectivity index (χ2n) is 19.9. The van der Waals surface area contributed by atoms with Crippen molar-refractivity contribution in [3.05, 3.63) is 12.2 Å². The Morgan fingerprint density at radius 2 is 0.841 bits per heavy atom. The van der Waals surface area contributed by atoms with E-state index in [2.05, 4.69) is 32.9 Å². The number of aliphatic hydroxyl groups is 2. The maximum absolute atomic E-state index is 13.1. The Balaban J connectivity index is 2.69. The molecule has 0 aromatic rings. The fourth-order valence-corrected chi connectivity index (χ4v) is 8.88. The molecule has 3 N–H and O–H groups in total. The summed E-state index contributed by atoms with van der Waals surface area (Å²) < 4.78 is 28.4. The Bertz CT molecular complexity index is 1260. The Morgan fingerprint density at radius 1 is 0.464 bits per heavy atom. The summed E-state index contributed by atoms with van der Waals surface area (Å²) in [5.74, 6) is -3.10. The zero-order valence-electron chi connectivity index (χ0n) is 44.3. The summed E-state index contributed by atoms with van der Waals surface area (Å²) in [6.07, 6.45) is 37.6. The van der Waals surface area contributed by atoms with E-state index in [0.29, 0.717) is 19.3 Å². The predicted octanol–water partition coefficient (Wildman–Crippen LogP) is 14.1. The highest BCUT2D eigenvalue weighted by Crippen LogP contribution is 2.26. The van der Waals surface area contributed by atoms with Gasteiger partial charge in [-0.2, -0.15) is 0 Å². The molecule has 1 aliphatic rings. The Morgan fingerprint density at radius 3 is 1.28 bits per heavy atom. The van der Waals surface area contributed by atoms with Gasteiger partial charge in [0.2, 0.25) is 0 Å². The first kappa shape index (κ1) is 64.5. The summed E-state index contributed by atoms with van der Waals surface area (Å²) in [7, 11) is 0. The molecule has 1 rings (SSSR count). The summed E-state index contributed by atoms with van der Waals surface area (Å²) in [6, 6.07) is 0. The van der Waals surface area contributed by atoms with Crippen molar-refractivity contribution in [2.75, 3.05) is 13.2 Å². The number of carbonyl (C=O) groups is 4. The average Bonchev–Trinajstić information content (AvgIpc) is 3.33. The molecular formula is C57H104O12. The number of hydrogen-bond acceptors (Lipinski definition) is 11. The lowest BCUT2D eigenvalue weighted by Crippen LogP contribution is -2.61. The molecule has 12 heteroatoms. The fourth-order valence-electron chi connectivity index (χ4n) is 8.88. The van der Waals surface area contributed by atoms with Crippen molar-refractivity contribution in [1.29, 1.82) is 0 Å². The van der Waals surface area contributed by atoms with Crippen molar-refractivity contribution in [3.8, 4) is 0 Å². The standard InChI is InChI=1S/C57H104O12/c1-4-7-10-13-16-19-22-24-25-27-29-31-34-37-40-43-49(58)65-46-48(67-50(59)44-41-38-35-33-30-26-23-20-17-14-11-8-5-2)47-66-57-55(53(62)52(61)54(69-57)56(63)64)68-51(60)45-42-39-36-32-28-21-18-15-12-9-6-3/h15,18,48,52-55,57,61-62H,4-14,16-17,19-47H2,1-3H3,(H,63,64)/b18-15-. The third-order valence-electron chi connectivity index (χ3n) is 13.3. The molecule has 1 aliphatic heterocycles. The number of unbranched alkanes of at least 4 members (excludes halogenated alkanes) is 33. The summed E-state index contributed by atoms with van der Waals surface area (Å²) in [5.41, 5.74) is 0. The summed E-state index contributed by atoms with van der Waals surface area (Å²) >= 11 is 0. The summed E-state index contributed by atoms with van der Waals surface area (Å²) in [4.78, 5) is 50.9. The number of carboxylic acid groups (broad SMARTS) is 1. The van der Waals surface area contributed by atoms with E-state index in [4.69, 9.17) is 23.7 Å². The van der Waals surface area contributed by atoms with Crippen LogP contribution in [0.1, 0.15) is 278 Å². The van der Waals surface area contributed by atoms with Crippen LogP contribution in [0, 0.1) is 0 Å². The number of ether oxygens (including phenoxy) is 5. The van der Waals surface area contributed by atoms with Gasteiger partial charge in [0.05, 0.1) is 6.61 Å². The van der Waals surface area contributed by atoms with E-state index in [1.165, 1.54) is 141 Å². The maximum Gasteiger partial charge on any atom is 0.335 e. The molecule has 0 saturated carbocycles. The molecule has 0 aliphatic carbocycles. The number of aliphatic hydroxyl groups excluding tert-OH is 2. The zero-order valence-corrected chi connectivity index (χ0v) is 44.3. The van der Waals surface area contributed by atoms with Crippen LogP contribution in [0.3, 0.4) is 0 Å². The second kappa shape index (κ2) is 46.5. The van der Waals surface area contributed by atoms with Gasteiger partial charge in [0, 0.05) is 19.3 Å². The van der Waals surface area contributed by atoms with Crippen LogP contribution in [-0.2, 0) is 42.9 Å². The van der Waals surface area contributed by atoms with Crippen molar-refractivity contribution >= 4 is 23.9 Å². The van der Waals surface area contributed by atoms with E-state index < -0.39 is 67.3 Å². The molecule has 12 nitrogen and oxygen atoms in total. The quantitative estimate of drug-likeness (QED) is 0.0228. The van der Waals surface area contributed by atoms with Gasteiger partial charge in [-0.15, -0.1) is 0 Å². The molecule has 0 spiro atoms. The molecule has 69 heavy (non-hydrogen) atoms. The van der Waals surface area contributed by atoms with Crippen LogP contribution in [-0.4, -0.2) is 89.2 Å². The Kier molecular flexibility index (Phi) is 43.5. The van der Waals surface area contributed by atoms with Crippen molar-refractivity contribution in [1.82, 2.24) is 0 Å². The number of carboxylic acids is 1. The van der Waals surface area contributed by atoms with Crippen LogP contribution in [0.5, 0.6) is 0 Å². The molecule has 0 amide bonds. The van der Waals surface area contributed by atoms with Crippen LogP contribution < -0.4 is 0 Å². The van der Waals surface area contributed by atoms with Gasteiger partial charge in [0.25, 0.3) is 0 Å². The number of hydrogen-bond donors (Lipinski definition) is 3. The van der Waals surface area contributed by atoms with Crippen molar-refractivity contribution in [2.24, 2.45) is 0 Å². The van der Waals surface area contributed by atoms with E-state index in [0.717, 1.165) is 77.0 Å². The van der Waals surface area contributed by atoms with Crippen LogP contribution in [0.4, 0.5) is 0 Å².